The molecule has 2 unspecified atom stereocenters. The molecule has 6 nitrogen and oxygen atoms in total. The van der Waals surface area contributed by atoms with E-state index < -0.39 is 24.1 Å². The number of hydrogen-bond acceptors (Lipinski definition) is 5. The fourth-order valence-corrected chi connectivity index (χ4v) is 0.935. The monoisotopic (exact) mass is 205 g/mol. The van der Waals surface area contributed by atoms with Crippen molar-refractivity contribution in [3.05, 3.63) is 0 Å². The molecular weight excluding hydrogens is 190 g/mol. The van der Waals surface area contributed by atoms with Crippen LogP contribution >= 0.6 is 0 Å². The molecule has 0 spiro atoms. The third-order valence-corrected chi connectivity index (χ3v) is 1.78. The maximum atomic E-state index is 10.8. The van der Waals surface area contributed by atoms with Crippen LogP contribution in [0.2, 0.25) is 0 Å². The highest BCUT2D eigenvalue weighted by atomic mass is 16.5. The van der Waals surface area contributed by atoms with Crippen molar-refractivity contribution in [1.29, 1.82) is 0 Å². The predicted octanol–water partition coefficient (Wildman–Crippen LogP) is -0.898. The Labute approximate surface area is 81.7 Å². The molecule has 0 heterocycles. The Morgan fingerprint density at radius 1 is 1.50 bits per heavy atom. The molecule has 4 N–H and O–H groups in total. The molecule has 82 valence electrons. The van der Waals surface area contributed by atoms with Gasteiger partial charge in [0.15, 0.2) is 0 Å². The Kier molecular flexibility index (Phi) is 5.82. The molecule has 0 amide bonds. The highest BCUT2D eigenvalue weighted by molar-refractivity contribution is 5.76. The SMILES string of the molecule is COC(=O)C(N)C(O)CCCC(=O)O. The van der Waals surface area contributed by atoms with E-state index in [4.69, 9.17) is 10.8 Å². The summed E-state index contributed by atoms with van der Waals surface area (Å²) in [5.41, 5.74) is 5.32. The van der Waals surface area contributed by atoms with Gasteiger partial charge in [0.05, 0.1) is 13.2 Å². The molecular formula is C8H15NO5. The summed E-state index contributed by atoms with van der Waals surface area (Å²) >= 11 is 0. The number of rotatable bonds is 6. The van der Waals surface area contributed by atoms with Gasteiger partial charge in [-0.25, -0.2) is 0 Å². The summed E-state index contributed by atoms with van der Waals surface area (Å²) in [6.45, 7) is 0. The standard InChI is InChI=1S/C8H15NO5/c1-14-8(13)7(9)5(10)3-2-4-6(11)12/h5,7,10H,2-4,9H2,1H3,(H,11,12). The number of aliphatic hydroxyl groups is 1. The number of ether oxygens (including phenoxy) is 1. The number of aliphatic hydroxyl groups excluding tert-OH is 1. The molecule has 0 rings (SSSR count). The van der Waals surface area contributed by atoms with Crippen molar-refractivity contribution in [2.24, 2.45) is 5.73 Å². The van der Waals surface area contributed by atoms with Crippen LogP contribution in [0, 0.1) is 0 Å². The average Bonchev–Trinajstić information content (AvgIpc) is 2.14. The van der Waals surface area contributed by atoms with Gasteiger partial charge < -0.3 is 20.7 Å². The Hall–Kier alpha value is -1.14. The number of carbonyl (C=O) groups excluding carboxylic acids is 1. The summed E-state index contributed by atoms with van der Waals surface area (Å²) in [7, 11) is 1.17. The summed E-state index contributed by atoms with van der Waals surface area (Å²) in [4.78, 5) is 21.0. The number of esters is 1. The fraction of sp³-hybridized carbons (Fsp3) is 0.750. The van der Waals surface area contributed by atoms with Gasteiger partial charge in [-0.05, 0) is 12.8 Å². The van der Waals surface area contributed by atoms with Crippen LogP contribution in [0.1, 0.15) is 19.3 Å². The van der Waals surface area contributed by atoms with Gasteiger partial charge in [-0.3, -0.25) is 9.59 Å². The van der Waals surface area contributed by atoms with E-state index in [0.717, 1.165) is 0 Å². The van der Waals surface area contributed by atoms with Crippen LogP contribution in [0.4, 0.5) is 0 Å². The average molecular weight is 205 g/mol. The zero-order valence-electron chi connectivity index (χ0n) is 7.97. The Bertz CT molecular complexity index is 206. The molecule has 6 heteroatoms. The lowest BCUT2D eigenvalue weighted by Gasteiger charge is -2.15. The van der Waals surface area contributed by atoms with Gasteiger partial charge in [0, 0.05) is 6.42 Å². The zero-order chi connectivity index (χ0) is 11.1. The van der Waals surface area contributed by atoms with E-state index in [2.05, 4.69) is 4.74 Å². The number of hydrogen-bond donors (Lipinski definition) is 3. The van der Waals surface area contributed by atoms with Crippen LogP contribution in [0.15, 0.2) is 0 Å². The summed E-state index contributed by atoms with van der Waals surface area (Å²) in [5, 5.41) is 17.6. The summed E-state index contributed by atoms with van der Waals surface area (Å²) in [5.74, 6) is -1.64. The maximum Gasteiger partial charge on any atom is 0.325 e. The van der Waals surface area contributed by atoms with Gasteiger partial charge in [-0.2, -0.15) is 0 Å². The number of carbonyl (C=O) groups is 2. The fourth-order valence-electron chi connectivity index (χ4n) is 0.935. The molecule has 0 radical (unpaired) electrons. The van der Waals surface area contributed by atoms with Gasteiger partial charge in [0.1, 0.15) is 6.04 Å². The van der Waals surface area contributed by atoms with Crippen LogP contribution in [0.5, 0.6) is 0 Å². The normalized spacial score (nSPS) is 14.5. The van der Waals surface area contributed by atoms with Gasteiger partial charge in [-0.1, -0.05) is 0 Å². The van der Waals surface area contributed by atoms with E-state index >= 15 is 0 Å². The van der Waals surface area contributed by atoms with Crippen molar-refractivity contribution in [1.82, 2.24) is 0 Å². The second-order valence-electron chi connectivity index (χ2n) is 2.90. The van der Waals surface area contributed by atoms with Crippen LogP contribution in [-0.4, -0.2) is 41.4 Å². The van der Waals surface area contributed by atoms with Crippen molar-refractivity contribution in [3.8, 4) is 0 Å². The Morgan fingerprint density at radius 2 is 2.07 bits per heavy atom. The van der Waals surface area contributed by atoms with E-state index in [9.17, 15) is 14.7 Å². The minimum Gasteiger partial charge on any atom is -0.481 e. The Morgan fingerprint density at radius 3 is 2.50 bits per heavy atom. The first-order valence-electron chi connectivity index (χ1n) is 4.22. The molecule has 2 atom stereocenters. The summed E-state index contributed by atoms with van der Waals surface area (Å²) < 4.78 is 4.32. The van der Waals surface area contributed by atoms with Crippen LogP contribution < -0.4 is 5.73 Å². The lowest BCUT2D eigenvalue weighted by Crippen LogP contribution is -2.42. The van der Waals surface area contributed by atoms with Crippen LogP contribution in [0.3, 0.4) is 0 Å². The molecule has 0 aliphatic carbocycles. The number of nitrogens with two attached hydrogens (primary N) is 1. The van der Waals surface area contributed by atoms with E-state index in [1.165, 1.54) is 7.11 Å². The van der Waals surface area contributed by atoms with Crippen molar-refractivity contribution < 1.29 is 24.5 Å². The lowest BCUT2D eigenvalue weighted by molar-refractivity contribution is -0.145. The third-order valence-electron chi connectivity index (χ3n) is 1.78. The molecule has 0 aromatic carbocycles. The highest BCUT2D eigenvalue weighted by Crippen LogP contribution is 2.04. The minimum absolute atomic E-state index is 0.0506. The smallest absolute Gasteiger partial charge is 0.325 e. The second-order valence-corrected chi connectivity index (χ2v) is 2.90. The van der Waals surface area contributed by atoms with E-state index in [0.29, 0.717) is 0 Å². The van der Waals surface area contributed by atoms with Gasteiger partial charge in [0.25, 0.3) is 0 Å². The minimum atomic E-state index is -1.10. The number of carboxylic acids is 1. The molecule has 0 aromatic rings. The van der Waals surface area contributed by atoms with Crippen molar-refractivity contribution >= 4 is 11.9 Å². The van der Waals surface area contributed by atoms with Gasteiger partial charge in [-0.15, -0.1) is 0 Å². The predicted molar refractivity (Wildman–Crippen MR) is 47.5 cm³/mol. The third kappa shape index (κ3) is 4.78. The second kappa shape index (κ2) is 6.33. The summed E-state index contributed by atoms with van der Waals surface area (Å²) in [6, 6.07) is -1.10. The first-order valence-corrected chi connectivity index (χ1v) is 4.22. The number of methoxy groups -OCH3 is 1. The number of carboxylic acid groups (broad SMARTS) is 1. The van der Waals surface area contributed by atoms with E-state index in [1.807, 2.05) is 0 Å². The molecule has 0 aliphatic rings. The zero-order valence-corrected chi connectivity index (χ0v) is 7.97. The molecule has 0 fully saturated rings. The Balaban J connectivity index is 3.78. The van der Waals surface area contributed by atoms with E-state index in [1.54, 1.807) is 0 Å². The van der Waals surface area contributed by atoms with Gasteiger partial charge >= 0.3 is 11.9 Å². The first-order chi connectivity index (χ1) is 6.49. The molecule has 0 saturated carbocycles. The van der Waals surface area contributed by atoms with Crippen molar-refractivity contribution in [2.75, 3.05) is 7.11 Å². The molecule has 0 aromatic heterocycles. The molecule has 14 heavy (non-hydrogen) atoms. The number of aliphatic carboxylic acids is 1. The molecule has 0 saturated heterocycles. The first kappa shape index (κ1) is 12.9. The van der Waals surface area contributed by atoms with Crippen molar-refractivity contribution in [2.45, 2.75) is 31.4 Å². The van der Waals surface area contributed by atoms with Gasteiger partial charge in [0.2, 0.25) is 0 Å². The van der Waals surface area contributed by atoms with Crippen LogP contribution in [0.25, 0.3) is 0 Å². The largest absolute Gasteiger partial charge is 0.481 e. The summed E-state index contributed by atoms with van der Waals surface area (Å²) in [6.07, 6.45) is -0.656. The lowest BCUT2D eigenvalue weighted by atomic mass is 10.1. The van der Waals surface area contributed by atoms with Crippen LogP contribution in [-0.2, 0) is 14.3 Å². The molecule has 0 aliphatic heterocycles. The maximum absolute atomic E-state index is 10.8. The molecule has 0 bridgehead atoms. The van der Waals surface area contributed by atoms with E-state index in [-0.39, 0.29) is 19.3 Å². The van der Waals surface area contributed by atoms with Crippen molar-refractivity contribution in [3.63, 3.8) is 0 Å². The quantitative estimate of drug-likeness (QED) is 0.485. The topological polar surface area (TPSA) is 110 Å². The highest BCUT2D eigenvalue weighted by Gasteiger charge is 2.22.